The number of halogens is 2. The van der Waals surface area contributed by atoms with E-state index in [0.29, 0.717) is 43.8 Å². The van der Waals surface area contributed by atoms with Crippen LogP contribution in [0.15, 0.2) is 77.3 Å². The van der Waals surface area contributed by atoms with Crippen molar-refractivity contribution in [3.63, 3.8) is 0 Å². The summed E-state index contributed by atoms with van der Waals surface area (Å²) in [5.41, 5.74) is 2.54. The fraction of sp³-hybridized carbons (Fsp3) is 0.154. The van der Waals surface area contributed by atoms with Gasteiger partial charge in [0.05, 0.1) is 40.8 Å². The van der Waals surface area contributed by atoms with Crippen molar-refractivity contribution in [1.29, 1.82) is 0 Å². The van der Waals surface area contributed by atoms with E-state index in [0.717, 1.165) is 17.5 Å². The molecular weight excluding hydrogens is 567 g/mol. The molecule has 0 aliphatic carbocycles. The number of aromatic nitrogens is 1. The van der Waals surface area contributed by atoms with Crippen LogP contribution in [-0.4, -0.2) is 31.9 Å². The van der Waals surface area contributed by atoms with Gasteiger partial charge in [0.2, 0.25) is 10.0 Å². The number of thiocarbonyl (C=S) groups is 1. The second-order valence-electron chi connectivity index (χ2n) is 8.59. The zero-order valence-electron chi connectivity index (χ0n) is 20.2. The molecule has 2 aromatic carbocycles. The molecular formula is C26H22Cl2N4O4S2. The quantitative estimate of drug-likeness (QED) is 0.246. The third-order valence-corrected chi connectivity index (χ3v) is 7.62. The van der Waals surface area contributed by atoms with Crippen molar-refractivity contribution in [2.45, 2.75) is 12.1 Å². The summed E-state index contributed by atoms with van der Waals surface area (Å²) in [5.74, 6) is 1.58. The van der Waals surface area contributed by atoms with Crippen LogP contribution < -0.4 is 19.7 Å². The molecule has 1 aliphatic rings. The number of anilines is 2. The number of ether oxygens (including phenoxy) is 1. The van der Waals surface area contributed by atoms with Gasteiger partial charge in [-0.1, -0.05) is 29.3 Å². The minimum absolute atomic E-state index is 0.314. The lowest BCUT2D eigenvalue weighted by Crippen LogP contribution is -2.29. The molecule has 1 fully saturated rings. The summed E-state index contributed by atoms with van der Waals surface area (Å²) < 4.78 is 37.9. The topological polar surface area (TPSA) is 96.7 Å². The molecule has 2 atom stereocenters. The molecule has 0 bridgehead atoms. The van der Waals surface area contributed by atoms with E-state index in [-0.39, 0.29) is 6.04 Å². The largest absolute Gasteiger partial charge is 0.494 e. The molecule has 5 rings (SSSR count). The molecule has 0 unspecified atom stereocenters. The third-order valence-electron chi connectivity index (χ3n) is 5.98. The van der Waals surface area contributed by atoms with E-state index < -0.39 is 16.1 Å². The SMILES string of the molecule is COc1cc(N2C(=S)N[C@H](c3ccccn3)[C@@H]2c2ccc(-c3ccc(Cl)c(Cl)c3)o2)ccc1NS(C)(=O)=O. The Morgan fingerprint density at radius 2 is 1.89 bits per heavy atom. The first-order valence-corrected chi connectivity index (χ1v) is 14.4. The molecule has 1 aliphatic heterocycles. The summed E-state index contributed by atoms with van der Waals surface area (Å²) in [6.45, 7) is 0. The highest BCUT2D eigenvalue weighted by Gasteiger charge is 2.42. The maximum Gasteiger partial charge on any atom is 0.229 e. The molecule has 196 valence electrons. The normalized spacial score (nSPS) is 17.4. The number of methoxy groups -OCH3 is 1. The van der Waals surface area contributed by atoms with Gasteiger partial charge in [0.15, 0.2) is 5.11 Å². The summed E-state index contributed by atoms with van der Waals surface area (Å²) in [6, 6.07) is 19.1. The minimum Gasteiger partial charge on any atom is -0.494 e. The van der Waals surface area contributed by atoms with Crippen LogP contribution in [0.25, 0.3) is 11.3 Å². The number of benzene rings is 2. The average Bonchev–Trinajstić information content (AvgIpc) is 3.50. The zero-order valence-corrected chi connectivity index (χ0v) is 23.3. The Kier molecular flexibility index (Phi) is 7.23. The third kappa shape index (κ3) is 5.30. The van der Waals surface area contributed by atoms with Crippen LogP contribution in [-0.2, 0) is 10.0 Å². The van der Waals surface area contributed by atoms with Gasteiger partial charge in [-0.05, 0) is 66.8 Å². The van der Waals surface area contributed by atoms with Crippen LogP contribution in [0.1, 0.15) is 23.5 Å². The van der Waals surface area contributed by atoms with Gasteiger partial charge in [-0.3, -0.25) is 9.71 Å². The smallest absolute Gasteiger partial charge is 0.229 e. The van der Waals surface area contributed by atoms with E-state index >= 15 is 0 Å². The molecule has 2 N–H and O–H groups in total. The Morgan fingerprint density at radius 1 is 1.08 bits per heavy atom. The van der Waals surface area contributed by atoms with E-state index in [1.54, 1.807) is 36.5 Å². The van der Waals surface area contributed by atoms with Gasteiger partial charge >= 0.3 is 0 Å². The number of pyridine rings is 1. The second-order valence-corrected chi connectivity index (χ2v) is 11.5. The van der Waals surface area contributed by atoms with Crippen LogP contribution in [0.4, 0.5) is 11.4 Å². The lowest BCUT2D eigenvalue weighted by molar-refractivity contribution is 0.416. The summed E-state index contributed by atoms with van der Waals surface area (Å²) in [6.07, 6.45) is 2.80. The lowest BCUT2D eigenvalue weighted by Gasteiger charge is -2.27. The van der Waals surface area contributed by atoms with Gasteiger partial charge in [0.1, 0.15) is 23.3 Å². The minimum atomic E-state index is -3.50. The number of hydrogen-bond donors (Lipinski definition) is 2. The molecule has 0 spiro atoms. The number of sulfonamides is 1. The number of nitrogens with zero attached hydrogens (tertiary/aromatic N) is 2. The van der Waals surface area contributed by atoms with Crippen molar-refractivity contribution < 1.29 is 17.6 Å². The van der Waals surface area contributed by atoms with Gasteiger partial charge in [-0.2, -0.15) is 0 Å². The maximum absolute atomic E-state index is 11.8. The highest BCUT2D eigenvalue weighted by Crippen LogP contribution is 2.44. The van der Waals surface area contributed by atoms with Crippen molar-refractivity contribution >= 4 is 61.9 Å². The van der Waals surface area contributed by atoms with E-state index in [9.17, 15) is 8.42 Å². The Morgan fingerprint density at radius 3 is 2.58 bits per heavy atom. The Labute approximate surface area is 235 Å². The van der Waals surface area contributed by atoms with Gasteiger partial charge < -0.3 is 19.4 Å². The van der Waals surface area contributed by atoms with Gasteiger partial charge in [-0.15, -0.1) is 0 Å². The molecule has 38 heavy (non-hydrogen) atoms. The van der Waals surface area contributed by atoms with Crippen LogP contribution in [0, 0.1) is 0 Å². The first kappa shape index (κ1) is 26.3. The molecule has 0 saturated carbocycles. The van der Waals surface area contributed by atoms with Crippen LogP contribution >= 0.6 is 35.4 Å². The summed E-state index contributed by atoms with van der Waals surface area (Å²) in [5, 5.41) is 4.70. The van der Waals surface area contributed by atoms with Crippen molar-refractivity contribution in [2.75, 3.05) is 23.0 Å². The molecule has 8 nitrogen and oxygen atoms in total. The molecule has 12 heteroatoms. The van der Waals surface area contributed by atoms with Crippen molar-refractivity contribution in [1.82, 2.24) is 10.3 Å². The summed E-state index contributed by atoms with van der Waals surface area (Å²) in [4.78, 5) is 6.45. The molecule has 2 aromatic heterocycles. The second kappa shape index (κ2) is 10.5. The van der Waals surface area contributed by atoms with Crippen molar-refractivity contribution in [2.24, 2.45) is 0 Å². The number of rotatable bonds is 7. The van der Waals surface area contributed by atoms with E-state index in [4.69, 9.17) is 44.6 Å². The Hall–Kier alpha value is -3.31. The number of hydrogen-bond acceptors (Lipinski definition) is 6. The first-order valence-electron chi connectivity index (χ1n) is 11.4. The van der Waals surface area contributed by atoms with E-state index in [2.05, 4.69) is 15.0 Å². The Bertz CT molecular complexity index is 1610. The molecule has 0 amide bonds. The predicted molar refractivity (Wildman–Crippen MR) is 154 cm³/mol. The number of nitrogens with one attached hydrogen (secondary N) is 2. The van der Waals surface area contributed by atoms with Crippen LogP contribution in [0.3, 0.4) is 0 Å². The molecule has 4 aromatic rings. The van der Waals surface area contributed by atoms with Gasteiger partial charge in [-0.25, -0.2) is 8.42 Å². The molecule has 0 radical (unpaired) electrons. The van der Waals surface area contributed by atoms with Crippen LogP contribution in [0.5, 0.6) is 5.75 Å². The lowest BCUT2D eigenvalue weighted by atomic mass is 10.0. The monoisotopic (exact) mass is 588 g/mol. The summed E-state index contributed by atoms with van der Waals surface area (Å²) in [7, 11) is -2.03. The highest BCUT2D eigenvalue weighted by atomic mass is 35.5. The van der Waals surface area contributed by atoms with Gasteiger partial charge in [0.25, 0.3) is 0 Å². The summed E-state index contributed by atoms with van der Waals surface area (Å²) >= 11 is 18.1. The zero-order chi connectivity index (χ0) is 27.0. The molecule has 3 heterocycles. The fourth-order valence-corrected chi connectivity index (χ4v) is 5.56. The maximum atomic E-state index is 11.8. The van der Waals surface area contributed by atoms with E-state index in [1.165, 1.54) is 7.11 Å². The average molecular weight is 590 g/mol. The number of furan rings is 1. The highest BCUT2D eigenvalue weighted by molar-refractivity contribution is 7.92. The van der Waals surface area contributed by atoms with Gasteiger partial charge in [0, 0.05) is 23.5 Å². The van der Waals surface area contributed by atoms with Crippen LogP contribution in [0.2, 0.25) is 10.0 Å². The van der Waals surface area contributed by atoms with Crippen molar-refractivity contribution in [3.05, 3.63) is 94.4 Å². The first-order chi connectivity index (χ1) is 18.1. The van der Waals surface area contributed by atoms with Crippen molar-refractivity contribution in [3.8, 4) is 17.1 Å². The Balaban J connectivity index is 1.59. The standard InChI is InChI=1S/C26H22Cl2N4O4S2/c1-35-23-14-16(7-9-19(23)31-38(2,33)34)32-25(24(30-26(32)37)20-5-3-4-12-29-20)22-11-10-21(36-22)15-6-8-17(27)18(28)13-15/h3-14,24-25,31H,1-2H3,(H,30,37)/t24-,25+/m1/s1. The fourth-order valence-electron chi connectivity index (χ4n) is 4.35. The predicted octanol–water partition coefficient (Wildman–Crippen LogP) is 6.21. The molecule has 1 saturated heterocycles. The van der Waals surface area contributed by atoms with E-state index in [1.807, 2.05) is 41.3 Å².